The van der Waals surface area contributed by atoms with Crippen molar-refractivity contribution in [1.29, 1.82) is 0 Å². The molecule has 0 bridgehead atoms. The molecule has 7 nitrogen and oxygen atoms in total. The second-order valence-electron chi connectivity index (χ2n) is 6.86. The first-order valence-electron chi connectivity index (χ1n) is 9.37. The quantitative estimate of drug-likeness (QED) is 0.409. The Balaban J connectivity index is 2.10. The van der Waals surface area contributed by atoms with E-state index in [1.807, 2.05) is 24.1 Å². The standard InChI is InChI=1S/C19H27N5O2S/c1-5-26-18(25)16-14-9-6-8-13-12-20-19(27-4)21-15(13)17(14)24(22-16)11-7-10-23(2)3/h12H,5-11H2,1-4H3. The van der Waals surface area contributed by atoms with Crippen molar-refractivity contribution >= 4 is 17.7 Å². The van der Waals surface area contributed by atoms with Gasteiger partial charge in [0.05, 0.1) is 18.0 Å². The van der Waals surface area contributed by atoms with Gasteiger partial charge in [-0.3, -0.25) is 4.68 Å². The normalized spacial score (nSPS) is 13.2. The van der Waals surface area contributed by atoms with E-state index in [1.54, 1.807) is 0 Å². The number of hydrogen-bond acceptors (Lipinski definition) is 7. The lowest BCUT2D eigenvalue weighted by molar-refractivity contribution is 0.0517. The van der Waals surface area contributed by atoms with Crippen molar-refractivity contribution < 1.29 is 9.53 Å². The number of rotatable bonds is 7. The van der Waals surface area contributed by atoms with Crippen molar-refractivity contribution in [1.82, 2.24) is 24.6 Å². The number of carbonyl (C=O) groups excluding carboxylic acids is 1. The van der Waals surface area contributed by atoms with Crippen molar-refractivity contribution in [2.75, 3.05) is 33.5 Å². The Bertz CT molecular complexity index is 819. The van der Waals surface area contributed by atoms with Crippen molar-refractivity contribution in [3.63, 3.8) is 0 Å². The van der Waals surface area contributed by atoms with Crippen LogP contribution in [0.3, 0.4) is 0 Å². The van der Waals surface area contributed by atoms with Crippen LogP contribution in [0.2, 0.25) is 0 Å². The largest absolute Gasteiger partial charge is 0.461 e. The third kappa shape index (κ3) is 4.32. The molecule has 146 valence electrons. The number of thioether (sulfide) groups is 1. The summed E-state index contributed by atoms with van der Waals surface area (Å²) < 4.78 is 7.21. The lowest BCUT2D eigenvalue weighted by Crippen LogP contribution is -2.16. The third-order valence-electron chi connectivity index (χ3n) is 4.62. The Morgan fingerprint density at radius 1 is 1.37 bits per heavy atom. The van der Waals surface area contributed by atoms with Crippen LogP contribution in [0.1, 0.15) is 41.4 Å². The van der Waals surface area contributed by atoms with Crippen LogP contribution in [-0.4, -0.2) is 64.1 Å². The summed E-state index contributed by atoms with van der Waals surface area (Å²) in [5.74, 6) is -0.345. The molecule has 0 fully saturated rings. The van der Waals surface area contributed by atoms with E-state index in [1.165, 1.54) is 11.8 Å². The van der Waals surface area contributed by atoms with Gasteiger partial charge in [0.2, 0.25) is 0 Å². The summed E-state index contributed by atoms with van der Waals surface area (Å²) in [7, 11) is 4.11. The number of esters is 1. The fourth-order valence-corrected chi connectivity index (χ4v) is 3.74. The minimum atomic E-state index is -0.345. The molecule has 1 aliphatic rings. The second-order valence-corrected chi connectivity index (χ2v) is 7.63. The van der Waals surface area contributed by atoms with Crippen LogP contribution < -0.4 is 0 Å². The lowest BCUT2D eigenvalue weighted by Gasteiger charge is -2.13. The summed E-state index contributed by atoms with van der Waals surface area (Å²) in [5, 5.41) is 5.40. The number of fused-ring (bicyclic) bond motifs is 3. The monoisotopic (exact) mass is 389 g/mol. The average Bonchev–Trinajstić information content (AvgIpc) is 2.89. The van der Waals surface area contributed by atoms with Gasteiger partial charge >= 0.3 is 5.97 Å². The van der Waals surface area contributed by atoms with Gasteiger partial charge in [-0.2, -0.15) is 5.10 Å². The maximum Gasteiger partial charge on any atom is 0.359 e. The zero-order valence-electron chi connectivity index (χ0n) is 16.5. The summed E-state index contributed by atoms with van der Waals surface area (Å²) in [4.78, 5) is 23.9. The molecule has 0 saturated carbocycles. The number of aryl methyl sites for hydroxylation is 2. The molecule has 0 aromatic carbocycles. The SMILES string of the molecule is CCOC(=O)c1nn(CCCN(C)C)c2c1CCCc1cnc(SC)nc1-2. The minimum Gasteiger partial charge on any atom is -0.461 e. The highest BCUT2D eigenvalue weighted by molar-refractivity contribution is 7.98. The van der Waals surface area contributed by atoms with Gasteiger partial charge in [-0.15, -0.1) is 0 Å². The lowest BCUT2D eigenvalue weighted by atomic mass is 10.1. The van der Waals surface area contributed by atoms with E-state index < -0.39 is 0 Å². The van der Waals surface area contributed by atoms with E-state index in [4.69, 9.17) is 9.72 Å². The van der Waals surface area contributed by atoms with Gasteiger partial charge in [0.15, 0.2) is 10.9 Å². The third-order valence-corrected chi connectivity index (χ3v) is 5.18. The molecule has 0 saturated heterocycles. The molecule has 1 aliphatic carbocycles. The summed E-state index contributed by atoms with van der Waals surface area (Å²) >= 11 is 1.52. The van der Waals surface area contributed by atoms with Gasteiger partial charge in [0, 0.05) is 18.3 Å². The molecule has 0 aliphatic heterocycles. The zero-order chi connectivity index (χ0) is 19.4. The first-order valence-corrected chi connectivity index (χ1v) is 10.6. The van der Waals surface area contributed by atoms with Crippen LogP contribution in [0.5, 0.6) is 0 Å². The van der Waals surface area contributed by atoms with E-state index >= 15 is 0 Å². The van der Waals surface area contributed by atoms with E-state index in [0.717, 1.165) is 66.4 Å². The van der Waals surface area contributed by atoms with Gasteiger partial charge in [0.1, 0.15) is 0 Å². The number of aromatic nitrogens is 4. The smallest absolute Gasteiger partial charge is 0.359 e. The topological polar surface area (TPSA) is 73.1 Å². The molecule has 0 amide bonds. The Labute approximate surface area is 164 Å². The van der Waals surface area contributed by atoms with Gasteiger partial charge < -0.3 is 9.64 Å². The first kappa shape index (κ1) is 19.8. The molecule has 2 aromatic heterocycles. The molecule has 8 heteroatoms. The zero-order valence-corrected chi connectivity index (χ0v) is 17.3. The molecule has 0 unspecified atom stereocenters. The summed E-state index contributed by atoms with van der Waals surface area (Å²) in [6.07, 6.45) is 7.47. The number of nitrogens with zero attached hydrogens (tertiary/aromatic N) is 5. The van der Waals surface area contributed by atoms with Gasteiger partial charge in [-0.1, -0.05) is 11.8 Å². The maximum absolute atomic E-state index is 12.5. The Kier molecular flexibility index (Phi) is 6.49. The molecule has 0 radical (unpaired) electrons. The fraction of sp³-hybridized carbons (Fsp3) is 0.579. The highest BCUT2D eigenvalue weighted by Gasteiger charge is 2.29. The molecule has 0 spiro atoms. The van der Waals surface area contributed by atoms with Crippen LogP contribution in [0.4, 0.5) is 0 Å². The second kappa shape index (κ2) is 8.84. The molecular formula is C19H27N5O2S. The van der Waals surface area contributed by atoms with E-state index in [2.05, 4.69) is 29.1 Å². The fourth-order valence-electron chi connectivity index (χ4n) is 3.40. The predicted molar refractivity (Wildman–Crippen MR) is 106 cm³/mol. The predicted octanol–water partition coefficient (Wildman–Crippen LogP) is 2.68. The van der Waals surface area contributed by atoms with Crippen LogP contribution in [0, 0.1) is 0 Å². The highest BCUT2D eigenvalue weighted by atomic mass is 32.2. The Morgan fingerprint density at radius 2 is 2.19 bits per heavy atom. The van der Waals surface area contributed by atoms with Crippen LogP contribution >= 0.6 is 11.8 Å². The number of ether oxygens (including phenoxy) is 1. The number of carbonyl (C=O) groups is 1. The molecule has 0 N–H and O–H groups in total. The minimum absolute atomic E-state index is 0.344. The van der Waals surface area contributed by atoms with Crippen molar-refractivity contribution in [2.45, 2.75) is 44.3 Å². The number of hydrogen-bond donors (Lipinski definition) is 0. The summed E-state index contributed by atoms with van der Waals surface area (Å²) in [5.41, 5.74) is 4.39. The van der Waals surface area contributed by atoms with E-state index in [-0.39, 0.29) is 5.97 Å². The average molecular weight is 390 g/mol. The molecule has 3 rings (SSSR count). The van der Waals surface area contributed by atoms with E-state index in [0.29, 0.717) is 12.3 Å². The maximum atomic E-state index is 12.5. The van der Waals surface area contributed by atoms with Crippen molar-refractivity contribution in [3.8, 4) is 11.4 Å². The van der Waals surface area contributed by atoms with Crippen LogP contribution in [0.15, 0.2) is 11.4 Å². The molecular weight excluding hydrogens is 362 g/mol. The Hall–Kier alpha value is -1.93. The summed E-state index contributed by atoms with van der Waals surface area (Å²) in [6, 6.07) is 0. The van der Waals surface area contributed by atoms with Gasteiger partial charge in [-0.05, 0) is 65.1 Å². The molecule has 27 heavy (non-hydrogen) atoms. The van der Waals surface area contributed by atoms with E-state index in [9.17, 15) is 4.79 Å². The van der Waals surface area contributed by atoms with Crippen molar-refractivity contribution in [2.24, 2.45) is 0 Å². The summed E-state index contributed by atoms with van der Waals surface area (Å²) in [6.45, 7) is 3.85. The highest BCUT2D eigenvalue weighted by Crippen LogP contribution is 2.34. The van der Waals surface area contributed by atoms with Gasteiger partial charge in [-0.25, -0.2) is 14.8 Å². The molecule has 2 heterocycles. The molecule has 2 aromatic rings. The van der Waals surface area contributed by atoms with Crippen LogP contribution in [0.25, 0.3) is 11.4 Å². The van der Waals surface area contributed by atoms with Crippen LogP contribution in [-0.2, 0) is 24.1 Å². The molecule has 0 atom stereocenters. The van der Waals surface area contributed by atoms with Gasteiger partial charge in [0.25, 0.3) is 0 Å². The van der Waals surface area contributed by atoms with Crippen molar-refractivity contribution in [3.05, 3.63) is 23.0 Å². The first-order chi connectivity index (χ1) is 13.0. The Morgan fingerprint density at radius 3 is 2.89 bits per heavy atom.